The molecule has 1 saturated heterocycles. The van der Waals surface area contributed by atoms with Crippen LogP contribution >= 0.6 is 11.8 Å². The van der Waals surface area contributed by atoms with Gasteiger partial charge in [0.2, 0.25) is 0 Å². The number of nitrogens with zero attached hydrogens (tertiary/aromatic N) is 2. The third-order valence-electron chi connectivity index (χ3n) is 3.09. The minimum absolute atomic E-state index is 0.951. The number of hydrogen-bond acceptors (Lipinski definition) is 4. The highest BCUT2D eigenvalue weighted by molar-refractivity contribution is 7.99. The molecule has 2 heterocycles. The molecule has 0 unspecified atom stereocenters. The Bertz CT molecular complexity index is 375. The lowest BCUT2D eigenvalue weighted by atomic mass is 10.2. The zero-order valence-corrected chi connectivity index (χ0v) is 12.2. The zero-order chi connectivity index (χ0) is 12.8. The normalized spacial score (nSPS) is 16.0. The first kappa shape index (κ1) is 13.7. The predicted octanol–water partition coefficient (Wildman–Crippen LogP) is 2.44. The Morgan fingerprint density at radius 2 is 2.11 bits per heavy atom. The minimum atomic E-state index is 0.951. The van der Waals surface area contributed by atoms with E-state index in [9.17, 15) is 0 Å². The van der Waals surface area contributed by atoms with Crippen LogP contribution < -0.4 is 10.2 Å². The van der Waals surface area contributed by atoms with E-state index >= 15 is 0 Å². The average Bonchev–Trinajstić information content (AvgIpc) is 2.39. The third-order valence-corrected chi connectivity index (χ3v) is 4.03. The number of rotatable bonds is 5. The Kier molecular flexibility index (Phi) is 5.32. The van der Waals surface area contributed by atoms with E-state index in [-0.39, 0.29) is 0 Å². The second kappa shape index (κ2) is 7.00. The molecule has 100 valence electrons. The molecule has 0 amide bonds. The first-order valence-electron chi connectivity index (χ1n) is 6.80. The van der Waals surface area contributed by atoms with Crippen LogP contribution in [0.25, 0.3) is 0 Å². The van der Waals surface area contributed by atoms with E-state index in [1.165, 1.54) is 23.5 Å². The second-order valence-electron chi connectivity index (χ2n) is 4.75. The van der Waals surface area contributed by atoms with E-state index < -0.39 is 0 Å². The van der Waals surface area contributed by atoms with Crippen molar-refractivity contribution in [1.82, 2.24) is 10.3 Å². The number of nitrogens with one attached hydrogen (secondary N) is 1. The average molecular weight is 265 g/mol. The Morgan fingerprint density at radius 3 is 2.83 bits per heavy atom. The van der Waals surface area contributed by atoms with Gasteiger partial charge in [0.15, 0.2) is 0 Å². The zero-order valence-electron chi connectivity index (χ0n) is 11.4. The van der Waals surface area contributed by atoms with Crippen LogP contribution in [0.4, 0.5) is 5.82 Å². The summed E-state index contributed by atoms with van der Waals surface area (Å²) in [6.45, 7) is 8.57. The molecule has 2 rings (SSSR count). The molecular weight excluding hydrogens is 242 g/mol. The van der Waals surface area contributed by atoms with Crippen LogP contribution in [0.15, 0.2) is 12.1 Å². The maximum atomic E-state index is 4.67. The maximum Gasteiger partial charge on any atom is 0.129 e. The SMILES string of the molecule is CCCNCc1cc(C)nc(N2CCSCC2)c1. The van der Waals surface area contributed by atoms with Crippen molar-refractivity contribution in [3.05, 3.63) is 23.4 Å². The summed E-state index contributed by atoms with van der Waals surface area (Å²) in [6.07, 6.45) is 1.18. The molecule has 1 fully saturated rings. The van der Waals surface area contributed by atoms with Gasteiger partial charge < -0.3 is 10.2 Å². The van der Waals surface area contributed by atoms with Crippen molar-refractivity contribution in [2.24, 2.45) is 0 Å². The van der Waals surface area contributed by atoms with E-state index in [1.54, 1.807) is 0 Å². The molecule has 0 radical (unpaired) electrons. The highest BCUT2D eigenvalue weighted by atomic mass is 32.2. The van der Waals surface area contributed by atoms with Gasteiger partial charge in [-0.25, -0.2) is 4.98 Å². The van der Waals surface area contributed by atoms with Crippen LogP contribution in [-0.2, 0) is 6.54 Å². The molecule has 1 N–H and O–H groups in total. The molecule has 4 heteroatoms. The fourth-order valence-corrected chi connectivity index (χ4v) is 3.09. The van der Waals surface area contributed by atoms with Gasteiger partial charge in [0, 0.05) is 36.8 Å². The Morgan fingerprint density at radius 1 is 1.33 bits per heavy atom. The lowest BCUT2D eigenvalue weighted by Gasteiger charge is -2.28. The summed E-state index contributed by atoms with van der Waals surface area (Å²) >= 11 is 2.04. The van der Waals surface area contributed by atoms with Gasteiger partial charge in [-0.15, -0.1) is 0 Å². The molecule has 1 aromatic rings. The molecule has 18 heavy (non-hydrogen) atoms. The van der Waals surface area contributed by atoms with Crippen LogP contribution in [0.1, 0.15) is 24.6 Å². The summed E-state index contributed by atoms with van der Waals surface area (Å²) in [4.78, 5) is 7.08. The van der Waals surface area contributed by atoms with E-state index in [0.717, 1.165) is 37.7 Å². The van der Waals surface area contributed by atoms with Gasteiger partial charge in [-0.2, -0.15) is 11.8 Å². The van der Waals surface area contributed by atoms with Crippen molar-refractivity contribution in [3.8, 4) is 0 Å². The molecule has 0 spiro atoms. The van der Waals surface area contributed by atoms with Gasteiger partial charge in [-0.3, -0.25) is 0 Å². The number of aromatic nitrogens is 1. The van der Waals surface area contributed by atoms with Crippen molar-refractivity contribution in [3.63, 3.8) is 0 Å². The predicted molar refractivity (Wildman–Crippen MR) is 80.5 cm³/mol. The molecule has 0 aromatic carbocycles. The fraction of sp³-hybridized carbons (Fsp3) is 0.643. The van der Waals surface area contributed by atoms with E-state index in [0.29, 0.717) is 0 Å². The monoisotopic (exact) mass is 265 g/mol. The molecule has 0 atom stereocenters. The molecular formula is C14H23N3S. The highest BCUT2D eigenvalue weighted by Crippen LogP contribution is 2.19. The van der Waals surface area contributed by atoms with Gasteiger partial charge in [0.05, 0.1) is 0 Å². The molecule has 1 aliphatic rings. The first-order chi connectivity index (χ1) is 8.79. The summed E-state index contributed by atoms with van der Waals surface area (Å²) < 4.78 is 0. The van der Waals surface area contributed by atoms with Crippen molar-refractivity contribution in [2.45, 2.75) is 26.8 Å². The van der Waals surface area contributed by atoms with Gasteiger partial charge >= 0.3 is 0 Å². The van der Waals surface area contributed by atoms with Crippen LogP contribution in [0.3, 0.4) is 0 Å². The van der Waals surface area contributed by atoms with Crippen molar-refractivity contribution >= 4 is 17.6 Å². The van der Waals surface area contributed by atoms with E-state index in [2.05, 4.69) is 41.2 Å². The third kappa shape index (κ3) is 3.89. The van der Waals surface area contributed by atoms with E-state index in [4.69, 9.17) is 0 Å². The number of anilines is 1. The fourth-order valence-electron chi connectivity index (χ4n) is 2.19. The molecule has 1 aliphatic heterocycles. The number of thioether (sulfide) groups is 1. The highest BCUT2D eigenvalue weighted by Gasteiger charge is 2.13. The van der Waals surface area contributed by atoms with Gasteiger partial charge in [-0.1, -0.05) is 6.92 Å². The van der Waals surface area contributed by atoms with Gasteiger partial charge in [0.25, 0.3) is 0 Å². The summed E-state index contributed by atoms with van der Waals surface area (Å²) in [5.74, 6) is 3.60. The summed E-state index contributed by atoms with van der Waals surface area (Å²) in [5, 5.41) is 3.46. The van der Waals surface area contributed by atoms with E-state index in [1.807, 2.05) is 11.8 Å². The topological polar surface area (TPSA) is 28.2 Å². The quantitative estimate of drug-likeness (QED) is 0.828. The number of hydrogen-bond donors (Lipinski definition) is 1. The van der Waals surface area contributed by atoms with Crippen LogP contribution in [0.2, 0.25) is 0 Å². The molecule has 0 aliphatic carbocycles. The van der Waals surface area contributed by atoms with Gasteiger partial charge in [0.1, 0.15) is 5.82 Å². The van der Waals surface area contributed by atoms with Crippen LogP contribution in [0.5, 0.6) is 0 Å². The van der Waals surface area contributed by atoms with Gasteiger partial charge in [-0.05, 0) is 37.6 Å². The smallest absolute Gasteiger partial charge is 0.129 e. The minimum Gasteiger partial charge on any atom is -0.355 e. The Labute approximate surface area is 114 Å². The molecule has 0 bridgehead atoms. The Hall–Kier alpha value is -0.740. The van der Waals surface area contributed by atoms with Crippen LogP contribution in [-0.4, -0.2) is 36.1 Å². The van der Waals surface area contributed by atoms with Crippen molar-refractivity contribution < 1.29 is 0 Å². The maximum absolute atomic E-state index is 4.67. The van der Waals surface area contributed by atoms with Crippen LogP contribution in [0, 0.1) is 6.92 Å². The van der Waals surface area contributed by atoms with Crippen molar-refractivity contribution in [2.75, 3.05) is 36.0 Å². The standard InChI is InChI=1S/C14H23N3S/c1-3-4-15-11-13-9-12(2)16-14(10-13)17-5-7-18-8-6-17/h9-10,15H,3-8,11H2,1-2H3. The summed E-state index contributed by atoms with van der Waals surface area (Å²) in [6, 6.07) is 4.43. The largest absolute Gasteiger partial charge is 0.355 e. The summed E-state index contributed by atoms with van der Waals surface area (Å²) in [7, 11) is 0. The molecule has 0 saturated carbocycles. The second-order valence-corrected chi connectivity index (χ2v) is 5.98. The molecule has 1 aromatic heterocycles. The lowest BCUT2D eigenvalue weighted by molar-refractivity contribution is 0.674. The molecule has 3 nitrogen and oxygen atoms in total. The Balaban J connectivity index is 2.05. The number of aryl methyl sites for hydroxylation is 1. The van der Waals surface area contributed by atoms with Crippen molar-refractivity contribution in [1.29, 1.82) is 0 Å². The summed E-state index contributed by atoms with van der Waals surface area (Å²) in [5.41, 5.74) is 2.48. The lowest BCUT2D eigenvalue weighted by Crippen LogP contribution is -2.33. The number of pyridine rings is 1. The first-order valence-corrected chi connectivity index (χ1v) is 7.96.